The molecule has 4 rings (SSSR count). The molecule has 0 amide bonds. The lowest BCUT2D eigenvalue weighted by Crippen LogP contribution is -2.60. The summed E-state index contributed by atoms with van der Waals surface area (Å²) in [4.78, 5) is 2.57. The number of nitrogens with zero attached hydrogens (tertiary/aromatic N) is 1. The van der Waals surface area contributed by atoms with Gasteiger partial charge in [-0.05, 0) is 41.0 Å². The van der Waals surface area contributed by atoms with E-state index in [1.165, 1.54) is 26.5 Å². The number of hydrogen-bond acceptors (Lipinski definition) is 3. The van der Waals surface area contributed by atoms with Crippen LogP contribution in [-0.4, -0.2) is 55.5 Å². The van der Waals surface area contributed by atoms with Gasteiger partial charge in [0.05, 0.1) is 26.2 Å². The highest BCUT2D eigenvalue weighted by molar-refractivity contribution is 7.99. The summed E-state index contributed by atoms with van der Waals surface area (Å²) in [6, 6.07) is 14.8. The van der Waals surface area contributed by atoms with Gasteiger partial charge in [0.25, 0.3) is 0 Å². The maximum absolute atomic E-state index is 9.55. The third kappa shape index (κ3) is 4.10. The molecule has 2 aromatic carbocycles. The first kappa shape index (κ1) is 19.0. The first-order valence-corrected chi connectivity index (χ1v) is 10.8. The molecule has 2 N–H and O–H groups in total. The lowest BCUT2D eigenvalue weighted by molar-refractivity contribution is -0.929. The molecule has 27 heavy (non-hydrogen) atoms. The Morgan fingerprint density at radius 3 is 2.63 bits per heavy atom. The topological polar surface area (TPSA) is 32.3 Å². The molecule has 2 aliphatic rings. The Labute approximate surface area is 170 Å². The Morgan fingerprint density at radius 2 is 1.81 bits per heavy atom. The minimum absolute atomic E-state index is 0.258. The maximum Gasteiger partial charge on any atom is 0.102 e. The summed E-state index contributed by atoms with van der Waals surface area (Å²) in [5.74, 6) is 0. The van der Waals surface area contributed by atoms with E-state index in [9.17, 15) is 5.11 Å². The van der Waals surface area contributed by atoms with E-state index in [1.807, 2.05) is 17.8 Å². The van der Waals surface area contributed by atoms with Gasteiger partial charge in [-0.15, -0.1) is 0 Å². The zero-order chi connectivity index (χ0) is 18.7. The van der Waals surface area contributed by atoms with Crippen molar-refractivity contribution in [3.05, 3.63) is 64.7 Å². The fraction of sp³-hybridized carbons (Fsp3) is 0.364. The molecule has 0 bridgehead atoms. The molecule has 0 radical (unpaired) electrons. The second kappa shape index (κ2) is 8.38. The molecule has 0 atom stereocenters. The molecule has 142 valence electrons. The molecule has 1 fully saturated rings. The number of piperazine rings is 1. The van der Waals surface area contributed by atoms with Crippen molar-refractivity contribution in [1.82, 2.24) is 5.32 Å². The van der Waals surface area contributed by atoms with E-state index in [2.05, 4.69) is 47.8 Å². The fourth-order valence-electron chi connectivity index (χ4n) is 4.19. The number of aliphatic hydroxyl groups excluding tert-OH is 1. The lowest BCUT2D eigenvalue weighted by Gasteiger charge is -2.41. The number of halogens is 1. The number of quaternary nitrogens is 1. The molecule has 0 aromatic heterocycles. The summed E-state index contributed by atoms with van der Waals surface area (Å²) in [5.41, 5.74) is 3.82. The van der Waals surface area contributed by atoms with Crippen LogP contribution in [0.5, 0.6) is 0 Å². The average molecular weight is 402 g/mol. The average Bonchev–Trinajstić information content (AvgIpc) is 2.69. The van der Waals surface area contributed by atoms with Crippen LogP contribution in [0.2, 0.25) is 5.02 Å². The van der Waals surface area contributed by atoms with Crippen LogP contribution in [0.4, 0.5) is 0 Å². The zero-order valence-corrected chi connectivity index (χ0v) is 17.0. The van der Waals surface area contributed by atoms with E-state index in [1.54, 1.807) is 0 Å². The van der Waals surface area contributed by atoms with E-state index < -0.39 is 0 Å². The SMILES string of the molecule is OCC[N+]1(CCC=C2c3ccccc3Sc3ccc(Cl)cc32)CCNCC1. The highest BCUT2D eigenvalue weighted by Crippen LogP contribution is 2.46. The van der Waals surface area contributed by atoms with Crippen LogP contribution in [0.15, 0.2) is 58.3 Å². The molecule has 0 aliphatic carbocycles. The molecule has 0 saturated carbocycles. The number of rotatable bonds is 5. The summed E-state index contributed by atoms with van der Waals surface area (Å²) in [7, 11) is 0. The summed E-state index contributed by atoms with van der Waals surface area (Å²) < 4.78 is 1.01. The predicted molar refractivity (Wildman–Crippen MR) is 113 cm³/mol. The van der Waals surface area contributed by atoms with Gasteiger partial charge in [0.15, 0.2) is 0 Å². The maximum atomic E-state index is 9.55. The van der Waals surface area contributed by atoms with Crippen LogP contribution in [0.25, 0.3) is 5.57 Å². The van der Waals surface area contributed by atoms with Crippen molar-refractivity contribution < 1.29 is 9.59 Å². The van der Waals surface area contributed by atoms with Gasteiger partial charge >= 0.3 is 0 Å². The molecule has 0 unspecified atom stereocenters. The van der Waals surface area contributed by atoms with Gasteiger partial charge in [-0.3, -0.25) is 0 Å². The third-order valence-corrected chi connectivity index (χ3v) is 7.07. The number of hydrogen-bond donors (Lipinski definition) is 2. The Bertz CT molecular complexity index is 840. The van der Waals surface area contributed by atoms with Gasteiger partial charge in [-0.2, -0.15) is 0 Å². The number of benzene rings is 2. The van der Waals surface area contributed by atoms with Gasteiger partial charge in [-0.25, -0.2) is 0 Å². The molecule has 5 heteroatoms. The van der Waals surface area contributed by atoms with Crippen molar-refractivity contribution in [2.24, 2.45) is 0 Å². The van der Waals surface area contributed by atoms with Crippen molar-refractivity contribution in [2.45, 2.75) is 16.2 Å². The standard InChI is InChI=1S/C22H26ClN2OS/c23-17-7-8-22-20(16-17)18(19-4-1-2-6-21(19)27-22)5-3-11-25(14-15-26)12-9-24-10-13-25/h1-2,4-8,16,24,26H,3,9-15H2/q+1. The van der Waals surface area contributed by atoms with Crippen LogP contribution in [0.3, 0.4) is 0 Å². The summed E-state index contributed by atoms with van der Waals surface area (Å²) in [6.07, 6.45) is 3.38. The lowest BCUT2D eigenvalue weighted by atomic mass is 9.96. The van der Waals surface area contributed by atoms with Crippen molar-refractivity contribution in [1.29, 1.82) is 0 Å². The Balaban J connectivity index is 1.63. The number of fused-ring (bicyclic) bond motifs is 2. The van der Waals surface area contributed by atoms with Crippen LogP contribution in [-0.2, 0) is 0 Å². The van der Waals surface area contributed by atoms with Crippen LogP contribution in [0.1, 0.15) is 17.5 Å². The molecule has 0 spiro atoms. The quantitative estimate of drug-likeness (QED) is 0.633. The second-order valence-electron chi connectivity index (χ2n) is 7.35. The first-order valence-electron chi connectivity index (χ1n) is 9.65. The summed E-state index contributed by atoms with van der Waals surface area (Å²) in [5, 5.41) is 13.8. The smallest absolute Gasteiger partial charge is 0.102 e. The fourth-order valence-corrected chi connectivity index (χ4v) is 5.44. The highest BCUT2D eigenvalue weighted by atomic mass is 35.5. The van der Waals surface area contributed by atoms with E-state index in [0.717, 1.165) is 55.2 Å². The zero-order valence-electron chi connectivity index (χ0n) is 15.5. The van der Waals surface area contributed by atoms with E-state index in [-0.39, 0.29) is 6.61 Å². The molecular formula is C22H26ClN2OS+. The first-order chi connectivity index (χ1) is 13.2. The van der Waals surface area contributed by atoms with Gasteiger partial charge in [0.1, 0.15) is 6.54 Å². The van der Waals surface area contributed by atoms with Crippen molar-refractivity contribution in [3.63, 3.8) is 0 Å². The van der Waals surface area contributed by atoms with Gasteiger partial charge in [-0.1, -0.05) is 47.6 Å². The van der Waals surface area contributed by atoms with E-state index >= 15 is 0 Å². The Hall–Kier alpha value is -1.30. The summed E-state index contributed by atoms with van der Waals surface area (Å²) >= 11 is 8.13. The van der Waals surface area contributed by atoms with Crippen LogP contribution in [0, 0.1) is 0 Å². The number of nitrogens with one attached hydrogen (secondary N) is 1. The largest absolute Gasteiger partial charge is 0.391 e. The van der Waals surface area contributed by atoms with E-state index in [4.69, 9.17) is 11.6 Å². The Kier molecular flexibility index (Phi) is 5.90. The molecule has 2 heterocycles. The third-order valence-electron chi connectivity index (χ3n) is 5.68. The van der Waals surface area contributed by atoms with Gasteiger partial charge < -0.3 is 14.9 Å². The second-order valence-corrected chi connectivity index (χ2v) is 8.88. The monoisotopic (exact) mass is 401 g/mol. The highest BCUT2D eigenvalue weighted by Gasteiger charge is 2.28. The van der Waals surface area contributed by atoms with Crippen LogP contribution < -0.4 is 5.32 Å². The Morgan fingerprint density at radius 1 is 1.04 bits per heavy atom. The molecular weight excluding hydrogens is 376 g/mol. The van der Waals surface area contributed by atoms with Crippen molar-refractivity contribution in [2.75, 3.05) is 45.9 Å². The minimum atomic E-state index is 0.258. The predicted octanol–water partition coefficient (Wildman–Crippen LogP) is 4.04. The van der Waals surface area contributed by atoms with Gasteiger partial charge in [0, 0.05) is 34.3 Å². The summed E-state index contributed by atoms with van der Waals surface area (Å²) in [6.45, 7) is 6.44. The van der Waals surface area contributed by atoms with E-state index in [0.29, 0.717) is 0 Å². The molecule has 3 nitrogen and oxygen atoms in total. The van der Waals surface area contributed by atoms with Crippen molar-refractivity contribution in [3.8, 4) is 0 Å². The van der Waals surface area contributed by atoms with Gasteiger partial charge in [0.2, 0.25) is 0 Å². The normalized spacial score (nSPS) is 19.6. The van der Waals surface area contributed by atoms with Crippen LogP contribution >= 0.6 is 23.4 Å². The number of aliphatic hydroxyl groups is 1. The molecule has 2 aromatic rings. The molecule has 1 saturated heterocycles. The molecule has 2 aliphatic heterocycles. The van der Waals surface area contributed by atoms with Crippen molar-refractivity contribution >= 4 is 28.9 Å². The minimum Gasteiger partial charge on any atom is -0.391 e.